The van der Waals surface area contributed by atoms with Crippen LogP contribution in [-0.4, -0.2) is 28.2 Å². The molecule has 0 radical (unpaired) electrons. The molecular formula is C18H19N5O3. The summed E-state index contributed by atoms with van der Waals surface area (Å²) in [6.45, 7) is 0.225. The summed E-state index contributed by atoms with van der Waals surface area (Å²) in [6, 6.07) is 16.6. The molecule has 0 saturated heterocycles. The number of amides is 1. The van der Waals surface area contributed by atoms with E-state index < -0.39 is 0 Å². The van der Waals surface area contributed by atoms with Crippen molar-refractivity contribution in [2.45, 2.75) is 13.0 Å². The van der Waals surface area contributed by atoms with Crippen molar-refractivity contribution in [3.8, 4) is 11.5 Å². The van der Waals surface area contributed by atoms with E-state index in [1.54, 1.807) is 19.2 Å². The van der Waals surface area contributed by atoms with Crippen LogP contribution in [0.1, 0.15) is 11.6 Å². The van der Waals surface area contributed by atoms with Crippen LogP contribution in [0.4, 0.5) is 5.69 Å². The summed E-state index contributed by atoms with van der Waals surface area (Å²) in [5.41, 5.74) is 6.22. The van der Waals surface area contributed by atoms with E-state index in [9.17, 15) is 4.79 Å². The van der Waals surface area contributed by atoms with E-state index in [1.165, 1.54) is 0 Å². The van der Waals surface area contributed by atoms with Gasteiger partial charge in [-0.1, -0.05) is 18.2 Å². The van der Waals surface area contributed by atoms with Gasteiger partial charge in [-0.3, -0.25) is 20.7 Å². The Morgan fingerprint density at radius 1 is 1.08 bits per heavy atom. The number of anilines is 1. The number of nitrogens with zero attached hydrogens (tertiary/aromatic N) is 2. The number of H-pyrrole nitrogens is 1. The highest BCUT2D eigenvalue weighted by Gasteiger charge is 2.09. The number of para-hydroxylation sites is 1. The molecule has 0 unspecified atom stereocenters. The highest BCUT2D eigenvalue weighted by Crippen LogP contribution is 2.17. The molecule has 2 aromatic carbocycles. The fourth-order valence-electron chi connectivity index (χ4n) is 2.15. The molecule has 3 aromatic rings. The molecule has 0 atom stereocenters. The molecule has 134 valence electrons. The van der Waals surface area contributed by atoms with Crippen LogP contribution < -0.4 is 20.3 Å². The van der Waals surface area contributed by atoms with Crippen molar-refractivity contribution in [2.75, 3.05) is 12.5 Å². The lowest BCUT2D eigenvalue weighted by Crippen LogP contribution is -2.31. The average Bonchev–Trinajstić information content (AvgIpc) is 3.13. The minimum Gasteiger partial charge on any atom is -0.497 e. The zero-order valence-electron chi connectivity index (χ0n) is 14.2. The average molecular weight is 353 g/mol. The standard InChI is InChI=1S/C18H19N5O3/c1-25-14-7-9-15(10-8-14)26-12-17-19-16(21-22-17)11-18(24)23-20-13-5-3-2-4-6-13/h2-10,20H,11-12H2,1H3,(H,23,24)(H,19,21,22). The summed E-state index contributed by atoms with van der Waals surface area (Å²) in [5.74, 6) is 2.14. The number of benzene rings is 2. The van der Waals surface area contributed by atoms with Crippen molar-refractivity contribution in [3.63, 3.8) is 0 Å². The molecule has 26 heavy (non-hydrogen) atoms. The Morgan fingerprint density at radius 2 is 1.81 bits per heavy atom. The fraction of sp³-hybridized carbons (Fsp3) is 0.167. The molecule has 0 bridgehead atoms. The minimum atomic E-state index is -0.240. The lowest BCUT2D eigenvalue weighted by atomic mass is 10.3. The normalized spacial score (nSPS) is 10.2. The third kappa shape index (κ3) is 4.97. The quantitative estimate of drug-likeness (QED) is 0.536. The monoisotopic (exact) mass is 353 g/mol. The largest absolute Gasteiger partial charge is 0.497 e. The van der Waals surface area contributed by atoms with E-state index in [4.69, 9.17) is 9.47 Å². The first-order chi connectivity index (χ1) is 12.7. The lowest BCUT2D eigenvalue weighted by Gasteiger charge is -2.06. The predicted octanol–water partition coefficient (Wildman–Crippen LogP) is 2.08. The first kappa shape index (κ1) is 17.3. The number of ether oxygens (including phenoxy) is 2. The van der Waals surface area contributed by atoms with E-state index in [2.05, 4.69) is 26.0 Å². The molecule has 8 heteroatoms. The second-order valence-electron chi connectivity index (χ2n) is 5.38. The molecule has 1 aromatic heterocycles. The van der Waals surface area contributed by atoms with Gasteiger partial charge in [0.15, 0.2) is 11.6 Å². The van der Waals surface area contributed by atoms with Gasteiger partial charge in [-0.15, -0.1) is 0 Å². The summed E-state index contributed by atoms with van der Waals surface area (Å²) in [7, 11) is 1.61. The first-order valence-corrected chi connectivity index (χ1v) is 8.00. The van der Waals surface area contributed by atoms with Gasteiger partial charge in [-0.2, -0.15) is 5.10 Å². The molecule has 1 heterocycles. The maximum Gasteiger partial charge on any atom is 0.246 e. The summed E-state index contributed by atoms with van der Waals surface area (Å²) in [5, 5.41) is 6.79. The molecule has 8 nitrogen and oxygen atoms in total. The predicted molar refractivity (Wildman–Crippen MR) is 95.6 cm³/mol. The van der Waals surface area contributed by atoms with Crippen LogP contribution in [0.2, 0.25) is 0 Å². The Hall–Kier alpha value is -3.55. The van der Waals surface area contributed by atoms with Crippen molar-refractivity contribution in [1.29, 1.82) is 0 Å². The molecule has 1 amide bonds. The number of hydrogen-bond donors (Lipinski definition) is 3. The summed E-state index contributed by atoms with van der Waals surface area (Å²) in [4.78, 5) is 16.2. The number of nitrogens with one attached hydrogen (secondary N) is 3. The van der Waals surface area contributed by atoms with E-state index in [0.29, 0.717) is 17.4 Å². The highest BCUT2D eigenvalue weighted by molar-refractivity contribution is 5.79. The van der Waals surface area contributed by atoms with Gasteiger partial charge in [0.1, 0.15) is 18.1 Å². The van der Waals surface area contributed by atoms with E-state index in [-0.39, 0.29) is 18.9 Å². The summed E-state index contributed by atoms with van der Waals surface area (Å²) in [6.07, 6.45) is 0.0544. The number of hydrogen-bond acceptors (Lipinski definition) is 6. The van der Waals surface area contributed by atoms with Gasteiger partial charge in [0.25, 0.3) is 0 Å². The SMILES string of the molecule is COc1ccc(OCc2nc(CC(=O)NNc3ccccc3)n[nH]2)cc1. The van der Waals surface area contributed by atoms with Crippen LogP contribution in [0.3, 0.4) is 0 Å². The Labute approximate surface area is 150 Å². The molecule has 0 aliphatic rings. The topological polar surface area (TPSA) is 101 Å². The molecule has 0 aliphatic carbocycles. The van der Waals surface area contributed by atoms with Crippen molar-refractivity contribution < 1.29 is 14.3 Å². The molecular weight excluding hydrogens is 334 g/mol. The fourth-order valence-corrected chi connectivity index (χ4v) is 2.15. The van der Waals surface area contributed by atoms with E-state index in [0.717, 1.165) is 11.4 Å². The van der Waals surface area contributed by atoms with E-state index >= 15 is 0 Å². The highest BCUT2D eigenvalue weighted by atomic mass is 16.5. The number of aromatic nitrogens is 3. The molecule has 0 spiro atoms. The second kappa shape index (κ2) is 8.52. The minimum absolute atomic E-state index is 0.0544. The molecule has 0 saturated carbocycles. The van der Waals surface area contributed by atoms with Crippen molar-refractivity contribution in [1.82, 2.24) is 20.6 Å². The van der Waals surface area contributed by atoms with Crippen molar-refractivity contribution >= 4 is 11.6 Å². The van der Waals surface area contributed by atoms with Gasteiger partial charge < -0.3 is 9.47 Å². The van der Waals surface area contributed by atoms with Gasteiger partial charge >= 0.3 is 0 Å². The van der Waals surface area contributed by atoms with Gasteiger partial charge in [-0.25, -0.2) is 4.98 Å². The molecule has 0 fully saturated rings. The van der Waals surface area contributed by atoms with Gasteiger partial charge in [-0.05, 0) is 36.4 Å². The maximum atomic E-state index is 11.9. The Morgan fingerprint density at radius 3 is 2.54 bits per heavy atom. The van der Waals surface area contributed by atoms with Crippen LogP contribution in [0, 0.1) is 0 Å². The van der Waals surface area contributed by atoms with Crippen LogP contribution in [0.5, 0.6) is 11.5 Å². The lowest BCUT2D eigenvalue weighted by molar-refractivity contribution is -0.120. The summed E-state index contributed by atoms with van der Waals surface area (Å²) < 4.78 is 10.7. The zero-order valence-corrected chi connectivity index (χ0v) is 14.2. The van der Waals surface area contributed by atoms with Gasteiger partial charge in [0.05, 0.1) is 19.2 Å². The Kier molecular flexibility index (Phi) is 5.66. The Balaban J connectivity index is 1.45. The van der Waals surface area contributed by atoms with Crippen molar-refractivity contribution in [3.05, 3.63) is 66.2 Å². The second-order valence-corrected chi connectivity index (χ2v) is 5.38. The van der Waals surface area contributed by atoms with Gasteiger partial charge in [0, 0.05) is 0 Å². The third-order valence-electron chi connectivity index (χ3n) is 3.45. The number of carbonyl (C=O) groups excluding carboxylic acids is 1. The first-order valence-electron chi connectivity index (χ1n) is 8.00. The zero-order chi connectivity index (χ0) is 18.2. The third-order valence-corrected chi connectivity index (χ3v) is 3.45. The number of methoxy groups -OCH3 is 1. The number of hydrazine groups is 1. The van der Waals surface area contributed by atoms with Crippen LogP contribution in [0.25, 0.3) is 0 Å². The van der Waals surface area contributed by atoms with Crippen molar-refractivity contribution in [2.24, 2.45) is 0 Å². The number of aromatic amines is 1. The smallest absolute Gasteiger partial charge is 0.246 e. The van der Waals surface area contributed by atoms with E-state index in [1.807, 2.05) is 42.5 Å². The Bertz CT molecular complexity index is 834. The van der Waals surface area contributed by atoms with Crippen LogP contribution in [-0.2, 0) is 17.8 Å². The molecule has 3 rings (SSSR count). The molecule has 3 N–H and O–H groups in total. The number of carbonyl (C=O) groups is 1. The van der Waals surface area contributed by atoms with Crippen LogP contribution >= 0.6 is 0 Å². The summed E-state index contributed by atoms with van der Waals surface area (Å²) >= 11 is 0. The van der Waals surface area contributed by atoms with Crippen LogP contribution in [0.15, 0.2) is 54.6 Å². The maximum absolute atomic E-state index is 11.9. The number of rotatable bonds is 8. The van der Waals surface area contributed by atoms with Gasteiger partial charge in [0.2, 0.25) is 5.91 Å². The molecule has 0 aliphatic heterocycles.